The van der Waals surface area contributed by atoms with Crippen LogP contribution in [0.4, 0.5) is 0 Å². The molecule has 1 fully saturated rings. The Bertz CT molecular complexity index is 421. The van der Waals surface area contributed by atoms with Crippen molar-refractivity contribution in [3.8, 4) is 5.75 Å². The second kappa shape index (κ2) is 6.91. The maximum atomic E-state index is 11.2. The number of rotatable bonds is 7. The third-order valence-electron chi connectivity index (χ3n) is 3.16. The molecule has 0 radical (unpaired) electrons. The highest BCUT2D eigenvalue weighted by Gasteiger charge is 2.18. The first-order chi connectivity index (χ1) is 9.20. The summed E-state index contributed by atoms with van der Waals surface area (Å²) in [6.07, 6.45) is 5.22. The molecule has 1 aliphatic heterocycles. The maximum Gasteiger partial charge on any atom is 0.349 e. The predicted octanol–water partition coefficient (Wildman–Crippen LogP) is 3.35. The molecule has 1 saturated heterocycles. The van der Waals surface area contributed by atoms with E-state index in [2.05, 4.69) is 6.92 Å². The van der Waals surface area contributed by atoms with Crippen LogP contribution in [-0.4, -0.2) is 30.4 Å². The smallest absolute Gasteiger partial charge is 0.349 e. The minimum Gasteiger partial charge on any atom is -0.492 e. The van der Waals surface area contributed by atoms with Crippen molar-refractivity contribution in [3.05, 3.63) is 15.8 Å². The van der Waals surface area contributed by atoms with Crippen LogP contribution in [0.3, 0.4) is 0 Å². The first kappa shape index (κ1) is 14.3. The molecule has 106 valence electrons. The average Bonchev–Trinajstić information content (AvgIpc) is 2.99. The van der Waals surface area contributed by atoms with Gasteiger partial charge in [0.2, 0.25) is 0 Å². The normalized spacial score (nSPS) is 18.7. The first-order valence-electron chi connectivity index (χ1n) is 6.81. The Kier molecular flexibility index (Phi) is 5.22. The fourth-order valence-corrected chi connectivity index (χ4v) is 3.26. The summed E-state index contributed by atoms with van der Waals surface area (Å²) in [5.41, 5.74) is 0. The third-order valence-corrected chi connectivity index (χ3v) is 4.33. The van der Waals surface area contributed by atoms with Gasteiger partial charge in [0.25, 0.3) is 0 Å². The van der Waals surface area contributed by atoms with E-state index in [9.17, 15) is 4.79 Å². The lowest BCUT2D eigenvalue weighted by molar-refractivity contribution is 0.0695. The van der Waals surface area contributed by atoms with Gasteiger partial charge in [-0.3, -0.25) is 0 Å². The van der Waals surface area contributed by atoms with E-state index in [1.54, 1.807) is 0 Å². The van der Waals surface area contributed by atoms with Gasteiger partial charge >= 0.3 is 5.97 Å². The van der Waals surface area contributed by atoms with E-state index in [1.165, 1.54) is 11.3 Å². The summed E-state index contributed by atoms with van der Waals surface area (Å²) in [5.74, 6) is -0.390. The van der Waals surface area contributed by atoms with Crippen molar-refractivity contribution in [2.24, 2.45) is 0 Å². The minimum atomic E-state index is -0.903. The van der Waals surface area contributed by atoms with Crippen LogP contribution < -0.4 is 4.74 Å². The van der Waals surface area contributed by atoms with E-state index >= 15 is 0 Å². The van der Waals surface area contributed by atoms with Crippen LogP contribution >= 0.6 is 11.3 Å². The largest absolute Gasteiger partial charge is 0.492 e. The molecule has 1 atom stereocenters. The number of carbonyl (C=O) groups is 1. The second-order valence-electron chi connectivity index (χ2n) is 4.73. The lowest BCUT2D eigenvalue weighted by Gasteiger charge is -2.10. The van der Waals surface area contributed by atoms with Crippen LogP contribution in [0.1, 0.15) is 47.2 Å². The van der Waals surface area contributed by atoms with Crippen molar-refractivity contribution < 1.29 is 19.4 Å². The Morgan fingerprint density at radius 1 is 1.63 bits per heavy atom. The van der Waals surface area contributed by atoms with Crippen molar-refractivity contribution in [2.45, 2.75) is 45.1 Å². The molecule has 2 heterocycles. The highest BCUT2D eigenvalue weighted by atomic mass is 32.1. The Hall–Kier alpha value is -1.07. The highest BCUT2D eigenvalue weighted by Crippen LogP contribution is 2.30. The van der Waals surface area contributed by atoms with E-state index in [0.29, 0.717) is 17.2 Å². The van der Waals surface area contributed by atoms with Crippen LogP contribution in [0, 0.1) is 0 Å². The van der Waals surface area contributed by atoms with Gasteiger partial charge in [0.05, 0.1) is 12.7 Å². The summed E-state index contributed by atoms with van der Waals surface area (Å²) < 4.78 is 11.2. The summed E-state index contributed by atoms with van der Waals surface area (Å²) in [6, 6.07) is 1.87. The maximum absolute atomic E-state index is 11.2. The summed E-state index contributed by atoms with van der Waals surface area (Å²) >= 11 is 1.32. The van der Waals surface area contributed by atoms with Gasteiger partial charge < -0.3 is 14.6 Å². The standard InChI is InChI=1S/C14H20O4S/c1-2-4-11-9-12(13(19-11)14(15)16)18-8-6-10-5-3-7-17-10/h9-10H,2-8H2,1H3,(H,15,16). The molecule has 0 saturated carbocycles. The van der Waals surface area contributed by atoms with E-state index in [0.717, 1.165) is 43.6 Å². The zero-order valence-electron chi connectivity index (χ0n) is 11.2. The summed E-state index contributed by atoms with van der Waals surface area (Å²) in [5, 5.41) is 9.16. The zero-order chi connectivity index (χ0) is 13.7. The third kappa shape index (κ3) is 3.94. The molecule has 5 heteroatoms. The van der Waals surface area contributed by atoms with Crippen molar-refractivity contribution in [3.63, 3.8) is 0 Å². The van der Waals surface area contributed by atoms with Gasteiger partial charge in [-0.25, -0.2) is 4.79 Å². The number of carboxylic acids is 1. The topological polar surface area (TPSA) is 55.8 Å². The van der Waals surface area contributed by atoms with E-state index in [1.807, 2.05) is 6.07 Å². The molecule has 1 aromatic heterocycles. The number of aromatic carboxylic acids is 1. The molecular weight excluding hydrogens is 264 g/mol. The Labute approximate surface area is 117 Å². The Balaban J connectivity index is 1.91. The number of ether oxygens (including phenoxy) is 2. The molecule has 0 aliphatic carbocycles. The average molecular weight is 284 g/mol. The van der Waals surface area contributed by atoms with Gasteiger partial charge in [-0.15, -0.1) is 11.3 Å². The molecule has 1 N–H and O–H groups in total. The fourth-order valence-electron chi connectivity index (χ4n) is 2.22. The second-order valence-corrected chi connectivity index (χ2v) is 5.87. The van der Waals surface area contributed by atoms with Gasteiger partial charge in [0.15, 0.2) is 4.88 Å². The quantitative estimate of drug-likeness (QED) is 0.834. The van der Waals surface area contributed by atoms with Gasteiger partial charge in [0, 0.05) is 17.9 Å². The molecule has 4 nitrogen and oxygen atoms in total. The molecule has 0 bridgehead atoms. The summed E-state index contributed by atoms with van der Waals surface area (Å²) in [4.78, 5) is 12.6. The molecule has 1 unspecified atom stereocenters. The predicted molar refractivity (Wildman–Crippen MR) is 74.4 cm³/mol. The molecule has 0 spiro atoms. The number of hydrogen-bond acceptors (Lipinski definition) is 4. The first-order valence-corrected chi connectivity index (χ1v) is 7.62. The lowest BCUT2D eigenvalue weighted by Crippen LogP contribution is -2.11. The molecular formula is C14H20O4S. The van der Waals surface area contributed by atoms with E-state index in [-0.39, 0.29) is 6.10 Å². The monoisotopic (exact) mass is 284 g/mol. The number of thiophene rings is 1. The molecule has 2 rings (SSSR count). The molecule has 1 aromatic rings. The van der Waals surface area contributed by atoms with Crippen molar-refractivity contribution in [1.82, 2.24) is 0 Å². The van der Waals surface area contributed by atoms with Crippen molar-refractivity contribution >= 4 is 17.3 Å². The highest BCUT2D eigenvalue weighted by molar-refractivity contribution is 7.14. The van der Waals surface area contributed by atoms with Gasteiger partial charge in [-0.1, -0.05) is 13.3 Å². The van der Waals surface area contributed by atoms with Crippen LogP contribution in [0.25, 0.3) is 0 Å². The SMILES string of the molecule is CCCc1cc(OCCC2CCCO2)c(C(=O)O)s1. The molecule has 0 aromatic carbocycles. The number of carboxylic acid groups (broad SMARTS) is 1. The molecule has 0 amide bonds. The minimum absolute atomic E-state index is 0.280. The van der Waals surface area contributed by atoms with Crippen LogP contribution in [0.15, 0.2) is 6.07 Å². The van der Waals surface area contributed by atoms with Crippen molar-refractivity contribution in [1.29, 1.82) is 0 Å². The molecule has 19 heavy (non-hydrogen) atoms. The van der Waals surface area contributed by atoms with Crippen LogP contribution in [-0.2, 0) is 11.2 Å². The molecule has 1 aliphatic rings. The van der Waals surface area contributed by atoms with Gasteiger partial charge in [0.1, 0.15) is 5.75 Å². The summed E-state index contributed by atoms with van der Waals surface area (Å²) in [6.45, 7) is 3.44. The fraction of sp³-hybridized carbons (Fsp3) is 0.643. The number of aryl methyl sites for hydroxylation is 1. The van der Waals surface area contributed by atoms with Crippen LogP contribution in [0.5, 0.6) is 5.75 Å². The zero-order valence-corrected chi connectivity index (χ0v) is 12.0. The Morgan fingerprint density at radius 2 is 2.47 bits per heavy atom. The summed E-state index contributed by atoms with van der Waals surface area (Å²) in [7, 11) is 0. The van der Waals surface area contributed by atoms with Gasteiger partial charge in [-0.2, -0.15) is 0 Å². The lowest BCUT2D eigenvalue weighted by atomic mass is 10.2. The number of hydrogen-bond donors (Lipinski definition) is 1. The van der Waals surface area contributed by atoms with Crippen molar-refractivity contribution in [2.75, 3.05) is 13.2 Å². The van der Waals surface area contributed by atoms with E-state index in [4.69, 9.17) is 14.6 Å². The van der Waals surface area contributed by atoms with Crippen LogP contribution in [0.2, 0.25) is 0 Å². The van der Waals surface area contributed by atoms with E-state index < -0.39 is 5.97 Å². The Morgan fingerprint density at radius 3 is 3.11 bits per heavy atom. The van der Waals surface area contributed by atoms with Gasteiger partial charge in [-0.05, 0) is 25.3 Å².